The number of cyclic esters (lactones) is 1. The van der Waals surface area contributed by atoms with Crippen LogP contribution in [-0.4, -0.2) is 24.9 Å². The van der Waals surface area contributed by atoms with E-state index in [2.05, 4.69) is 36.9 Å². The van der Waals surface area contributed by atoms with E-state index in [1.54, 1.807) is 49.6 Å². The average Bonchev–Trinajstić information content (AvgIpc) is 2.99. The van der Waals surface area contributed by atoms with Gasteiger partial charge in [0.1, 0.15) is 5.75 Å². The summed E-state index contributed by atoms with van der Waals surface area (Å²) in [6, 6.07) is 10.5. The van der Waals surface area contributed by atoms with Gasteiger partial charge in [-0.25, -0.2) is 9.79 Å². The largest absolute Gasteiger partial charge is 0.497 e. The van der Waals surface area contributed by atoms with Crippen LogP contribution in [0.25, 0.3) is 6.08 Å². The van der Waals surface area contributed by atoms with Gasteiger partial charge in [-0.2, -0.15) is 0 Å². The number of aliphatic imine (C=N–C) groups is 1. The van der Waals surface area contributed by atoms with Crippen LogP contribution in [0.4, 0.5) is 0 Å². The summed E-state index contributed by atoms with van der Waals surface area (Å²) in [5.41, 5.74) is 1.47. The molecule has 0 spiro atoms. The fourth-order valence-electron chi connectivity index (χ4n) is 2.35. The first-order valence-corrected chi connectivity index (χ1v) is 9.30. The van der Waals surface area contributed by atoms with E-state index >= 15 is 0 Å². The number of rotatable bonds is 4. The van der Waals surface area contributed by atoms with Gasteiger partial charge in [0.05, 0.1) is 16.1 Å². The van der Waals surface area contributed by atoms with Gasteiger partial charge in [0.25, 0.3) is 0 Å². The lowest BCUT2D eigenvalue weighted by atomic mass is 10.2. The molecule has 0 saturated carbocycles. The van der Waals surface area contributed by atoms with Gasteiger partial charge in [-0.3, -0.25) is 4.79 Å². The van der Waals surface area contributed by atoms with Gasteiger partial charge in [0, 0.05) is 12.5 Å². The van der Waals surface area contributed by atoms with E-state index in [0.29, 0.717) is 31.6 Å². The highest BCUT2D eigenvalue weighted by Gasteiger charge is 2.24. The van der Waals surface area contributed by atoms with Crippen LogP contribution in [0.2, 0.25) is 0 Å². The van der Waals surface area contributed by atoms with E-state index in [1.165, 1.54) is 6.92 Å². The monoisotopic (exact) mass is 493 g/mol. The average molecular weight is 495 g/mol. The number of carbonyl (C=O) groups is 2. The van der Waals surface area contributed by atoms with Crippen LogP contribution in [0.15, 0.2) is 56.0 Å². The lowest BCUT2D eigenvalue weighted by Crippen LogP contribution is -2.05. The van der Waals surface area contributed by atoms with Crippen LogP contribution in [0, 0.1) is 0 Å². The molecule has 2 aromatic rings. The zero-order valence-corrected chi connectivity index (χ0v) is 17.5. The molecule has 1 aliphatic heterocycles. The standard InChI is InChI=1S/C19H13Br2NO5/c1-10(23)26-17-14(20)6-11(7-15(17)21)8-16-19(24)27-18(22-16)12-4-3-5-13(9-12)25-2/h3-9H,1-2H3/b16-8-. The molecule has 8 heteroatoms. The van der Waals surface area contributed by atoms with Crippen molar-refractivity contribution in [3.05, 3.63) is 62.2 Å². The van der Waals surface area contributed by atoms with Gasteiger partial charge in [0.2, 0.25) is 5.90 Å². The molecule has 0 aromatic heterocycles. The summed E-state index contributed by atoms with van der Waals surface area (Å²) in [6.45, 7) is 1.32. The fraction of sp³-hybridized carbons (Fsp3) is 0.105. The Kier molecular flexibility index (Phi) is 5.76. The molecule has 0 aliphatic carbocycles. The zero-order valence-electron chi connectivity index (χ0n) is 14.3. The second-order valence-corrected chi connectivity index (χ2v) is 7.18. The predicted octanol–water partition coefficient (Wildman–Crippen LogP) is 4.49. The van der Waals surface area contributed by atoms with Crippen LogP contribution in [0.5, 0.6) is 11.5 Å². The van der Waals surface area contributed by atoms with Crippen LogP contribution >= 0.6 is 31.9 Å². The van der Waals surface area contributed by atoms with Crippen LogP contribution in [0.3, 0.4) is 0 Å². The first-order valence-electron chi connectivity index (χ1n) is 7.72. The molecule has 3 rings (SSSR count). The molecule has 0 bridgehead atoms. The first-order chi connectivity index (χ1) is 12.9. The number of nitrogens with zero attached hydrogens (tertiary/aromatic N) is 1. The third-order valence-electron chi connectivity index (χ3n) is 3.51. The van der Waals surface area contributed by atoms with E-state index in [-0.39, 0.29) is 11.6 Å². The molecule has 0 saturated heterocycles. The van der Waals surface area contributed by atoms with E-state index in [1.807, 2.05) is 0 Å². The maximum Gasteiger partial charge on any atom is 0.363 e. The van der Waals surface area contributed by atoms with Crippen LogP contribution < -0.4 is 9.47 Å². The molecule has 138 valence electrons. The summed E-state index contributed by atoms with van der Waals surface area (Å²) in [6.07, 6.45) is 1.59. The summed E-state index contributed by atoms with van der Waals surface area (Å²) < 4.78 is 16.7. The fourth-order valence-corrected chi connectivity index (χ4v) is 3.73. The van der Waals surface area contributed by atoms with Crippen molar-refractivity contribution in [3.63, 3.8) is 0 Å². The third kappa shape index (κ3) is 4.45. The van der Waals surface area contributed by atoms with Crippen molar-refractivity contribution < 1.29 is 23.8 Å². The molecule has 1 aliphatic rings. The zero-order chi connectivity index (χ0) is 19.6. The lowest BCUT2D eigenvalue weighted by molar-refractivity contribution is -0.132. The molecule has 0 N–H and O–H groups in total. The number of hydrogen-bond donors (Lipinski definition) is 0. The molecule has 0 fully saturated rings. The summed E-state index contributed by atoms with van der Waals surface area (Å²) in [4.78, 5) is 27.6. The minimum absolute atomic E-state index is 0.159. The molecule has 0 unspecified atom stereocenters. The number of esters is 2. The highest BCUT2D eigenvalue weighted by atomic mass is 79.9. The predicted molar refractivity (Wildman–Crippen MR) is 107 cm³/mol. The number of carbonyl (C=O) groups excluding carboxylic acids is 2. The summed E-state index contributed by atoms with van der Waals surface area (Å²) in [5, 5.41) is 0. The molecule has 1 heterocycles. The Balaban J connectivity index is 1.93. The minimum Gasteiger partial charge on any atom is -0.497 e. The van der Waals surface area contributed by atoms with Gasteiger partial charge >= 0.3 is 11.9 Å². The van der Waals surface area contributed by atoms with Crippen molar-refractivity contribution in [1.29, 1.82) is 0 Å². The number of hydrogen-bond acceptors (Lipinski definition) is 6. The molecule has 0 radical (unpaired) electrons. The molecule has 6 nitrogen and oxygen atoms in total. The van der Waals surface area contributed by atoms with Gasteiger partial charge in [-0.05, 0) is 73.8 Å². The molecular formula is C19H13Br2NO5. The second kappa shape index (κ2) is 8.06. The highest BCUT2D eigenvalue weighted by molar-refractivity contribution is 9.11. The summed E-state index contributed by atoms with van der Waals surface area (Å²) >= 11 is 6.71. The van der Waals surface area contributed by atoms with Crippen molar-refractivity contribution >= 4 is 55.8 Å². The normalized spacial score (nSPS) is 14.7. The van der Waals surface area contributed by atoms with Crippen LogP contribution in [0.1, 0.15) is 18.1 Å². The van der Waals surface area contributed by atoms with Crippen molar-refractivity contribution in [2.45, 2.75) is 6.92 Å². The first kappa shape index (κ1) is 19.3. The van der Waals surface area contributed by atoms with E-state index < -0.39 is 11.9 Å². The van der Waals surface area contributed by atoms with Gasteiger partial charge < -0.3 is 14.2 Å². The third-order valence-corrected chi connectivity index (χ3v) is 4.69. The maximum atomic E-state index is 12.2. The quantitative estimate of drug-likeness (QED) is 0.355. The molecule has 0 amide bonds. The summed E-state index contributed by atoms with van der Waals surface area (Å²) in [7, 11) is 1.56. The Morgan fingerprint density at radius 2 is 1.89 bits per heavy atom. The smallest absolute Gasteiger partial charge is 0.363 e. The van der Waals surface area contributed by atoms with Gasteiger partial charge in [-0.15, -0.1) is 0 Å². The molecule has 27 heavy (non-hydrogen) atoms. The number of ether oxygens (including phenoxy) is 3. The minimum atomic E-state index is -0.552. The van der Waals surface area contributed by atoms with Gasteiger partial charge in [-0.1, -0.05) is 6.07 Å². The van der Waals surface area contributed by atoms with Crippen LogP contribution in [-0.2, 0) is 14.3 Å². The highest BCUT2D eigenvalue weighted by Crippen LogP contribution is 2.36. The molecule has 0 atom stereocenters. The Bertz CT molecular complexity index is 974. The second-order valence-electron chi connectivity index (χ2n) is 5.48. The number of methoxy groups -OCH3 is 1. The Labute approximate surface area is 172 Å². The summed E-state index contributed by atoms with van der Waals surface area (Å²) in [5.74, 6) is 0.218. The molecular weight excluding hydrogens is 482 g/mol. The van der Waals surface area contributed by atoms with Gasteiger partial charge in [0.15, 0.2) is 11.4 Å². The topological polar surface area (TPSA) is 74.2 Å². The van der Waals surface area contributed by atoms with Crippen molar-refractivity contribution in [2.24, 2.45) is 4.99 Å². The Morgan fingerprint density at radius 1 is 1.19 bits per heavy atom. The van der Waals surface area contributed by atoms with E-state index in [9.17, 15) is 9.59 Å². The van der Waals surface area contributed by atoms with Crippen molar-refractivity contribution in [1.82, 2.24) is 0 Å². The Hall–Kier alpha value is -2.45. The lowest BCUT2D eigenvalue weighted by Gasteiger charge is -2.08. The molecule has 2 aromatic carbocycles. The number of benzene rings is 2. The van der Waals surface area contributed by atoms with E-state index in [0.717, 1.165) is 0 Å². The van der Waals surface area contributed by atoms with Crippen molar-refractivity contribution in [2.75, 3.05) is 7.11 Å². The maximum absolute atomic E-state index is 12.2. The number of halogens is 2. The Morgan fingerprint density at radius 3 is 2.52 bits per heavy atom. The SMILES string of the molecule is COc1cccc(C2=N/C(=C\c3cc(Br)c(OC(C)=O)c(Br)c3)C(=O)O2)c1. The van der Waals surface area contributed by atoms with Crippen molar-refractivity contribution in [3.8, 4) is 11.5 Å². The van der Waals surface area contributed by atoms with E-state index in [4.69, 9.17) is 14.2 Å².